The normalized spacial score (nSPS) is 26.4. The van der Waals surface area contributed by atoms with Crippen LogP contribution in [0.5, 0.6) is 0 Å². The largest absolute Gasteiger partial charge is 0.351 e. The highest BCUT2D eigenvalue weighted by molar-refractivity contribution is 7.09. The van der Waals surface area contributed by atoms with Gasteiger partial charge in [0.05, 0.1) is 11.6 Å². The Bertz CT molecular complexity index is 604. The van der Waals surface area contributed by atoms with Crippen LogP contribution in [-0.4, -0.2) is 33.4 Å². The summed E-state index contributed by atoms with van der Waals surface area (Å²) in [7, 11) is 0. The van der Waals surface area contributed by atoms with Crippen molar-refractivity contribution < 1.29 is 4.79 Å². The molecule has 4 rings (SSSR count). The van der Waals surface area contributed by atoms with Crippen LogP contribution < -0.4 is 10.2 Å². The zero-order chi connectivity index (χ0) is 17.3. The fraction of sp³-hybridized carbons (Fsp3) is 0.842. The Kier molecular flexibility index (Phi) is 4.98. The molecule has 3 fully saturated rings. The van der Waals surface area contributed by atoms with E-state index in [0.29, 0.717) is 12.3 Å². The van der Waals surface area contributed by atoms with Gasteiger partial charge in [-0.1, -0.05) is 39.0 Å². The standard InChI is InChI=1S/C19H30N4OS/c1-2-16(24)20-15-10-13-23(19(15)11-6-7-12-19)18-21-17(22-25-18)14-8-4-3-5-9-14/h14-15H,2-13H2,1H3,(H,20,24). The van der Waals surface area contributed by atoms with Crippen LogP contribution in [0, 0.1) is 0 Å². The molecule has 2 saturated carbocycles. The van der Waals surface area contributed by atoms with Crippen molar-refractivity contribution in [1.29, 1.82) is 0 Å². The van der Waals surface area contributed by atoms with Crippen molar-refractivity contribution in [2.45, 2.75) is 95.1 Å². The third-order valence-electron chi connectivity index (χ3n) is 6.59. The fourth-order valence-corrected chi connectivity index (χ4v) is 6.07. The number of rotatable bonds is 4. The summed E-state index contributed by atoms with van der Waals surface area (Å²) in [5.41, 5.74) is 0.0776. The summed E-state index contributed by atoms with van der Waals surface area (Å²) < 4.78 is 4.74. The molecule has 1 aromatic rings. The first-order valence-corrected chi connectivity index (χ1v) is 10.9. The molecule has 2 heterocycles. The second kappa shape index (κ2) is 7.22. The molecule has 1 amide bonds. The smallest absolute Gasteiger partial charge is 0.220 e. The summed E-state index contributed by atoms with van der Waals surface area (Å²) >= 11 is 1.58. The van der Waals surface area contributed by atoms with Crippen LogP contribution in [0.15, 0.2) is 0 Å². The zero-order valence-corrected chi connectivity index (χ0v) is 16.1. The van der Waals surface area contributed by atoms with Crippen LogP contribution in [0.1, 0.15) is 89.3 Å². The van der Waals surface area contributed by atoms with E-state index in [1.807, 2.05) is 6.92 Å². The third kappa shape index (κ3) is 3.18. The van der Waals surface area contributed by atoms with E-state index in [2.05, 4.69) is 10.2 Å². The van der Waals surface area contributed by atoms with E-state index in [1.54, 1.807) is 11.5 Å². The predicted molar refractivity (Wildman–Crippen MR) is 101 cm³/mol. The lowest BCUT2D eigenvalue weighted by Gasteiger charge is -2.39. The number of hydrogen-bond acceptors (Lipinski definition) is 5. The molecular formula is C19H30N4OS. The van der Waals surface area contributed by atoms with Crippen molar-refractivity contribution >= 4 is 22.6 Å². The van der Waals surface area contributed by atoms with Gasteiger partial charge in [0.25, 0.3) is 0 Å². The molecule has 0 aromatic carbocycles. The molecule has 1 N–H and O–H groups in total. The second-order valence-corrected chi connectivity index (χ2v) is 8.73. The Balaban J connectivity index is 1.55. The summed E-state index contributed by atoms with van der Waals surface area (Å²) in [6.07, 6.45) is 12.9. The number of nitrogens with zero attached hydrogens (tertiary/aromatic N) is 3. The highest BCUT2D eigenvalue weighted by Gasteiger charge is 2.51. The average molecular weight is 363 g/mol. The maximum absolute atomic E-state index is 12.0. The SMILES string of the molecule is CCC(=O)NC1CCN(c2nc(C3CCCCC3)ns2)C12CCCC2. The number of amides is 1. The number of anilines is 1. The van der Waals surface area contributed by atoms with Gasteiger partial charge in [0.2, 0.25) is 11.0 Å². The third-order valence-corrected chi connectivity index (χ3v) is 7.34. The van der Waals surface area contributed by atoms with Crippen molar-refractivity contribution in [3.8, 4) is 0 Å². The molecular weight excluding hydrogens is 332 g/mol. The molecule has 6 heteroatoms. The van der Waals surface area contributed by atoms with Crippen LogP contribution in [0.4, 0.5) is 5.13 Å². The van der Waals surface area contributed by atoms with Gasteiger partial charge in [-0.05, 0) is 32.1 Å². The summed E-state index contributed by atoms with van der Waals surface area (Å²) in [5.74, 6) is 1.82. The summed E-state index contributed by atoms with van der Waals surface area (Å²) in [6.45, 7) is 2.93. The second-order valence-electron chi connectivity index (χ2n) is 7.99. The maximum Gasteiger partial charge on any atom is 0.220 e. The van der Waals surface area contributed by atoms with Crippen molar-refractivity contribution in [2.24, 2.45) is 0 Å². The predicted octanol–water partition coefficient (Wildman–Crippen LogP) is 4.00. The molecule has 5 nitrogen and oxygen atoms in total. The van der Waals surface area contributed by atoms with Gasteiger partial charge in [-0.15, -0.1) is 0 Å². The molecule has 1 spiro atoms. The average Bonchev–Trinajstić information content (AvgIpc) is 3.38. The lowest BCUT2D eigenvalue weighted by atomic mass is 9.88. The molecule has 138 valence electrons. The Hall–Kier alpha value is -1.17. The molecule has 1 saturated heterocycles. The van der Waals surface area contributed by atoms with Gasteiger partial charge in [0, 0.05) is 30.4 Å². The number of carbonyl (C=O) groups excluding carboxylic acids is 1. The Labute approximate surface area is 154 Å². The molecule has 1 atom stereocenters. The van der Waals surface area contributed by atoms with Crippen LogP contribution >= 0.6 is 11.5 Å². The number of hydrogen-bond donors (Lipinski definition) is 1. The minimum absolute atomic E-state index is 0.0776. The summed E-state index contributed by atoms with van der Waals surface area (Å²) in [4.78, 5) is 19.5. The first-order chi connectivity index (χ1) is 12.2. The van der Waals surface area contributed by atoms with Crippen molar-refractivity contribution in [1.82, 2.24) is 14.7 Å². The molecule has 3 aliphatic rings. The summed E-state index contributed by atoms with van der Waals surface area (Å²) in [5, 5.41) is 4.40. The first kappa shape index (κ1) is 17.3. The minimum atomic E-state index is 0.0776. The topological polar surface area (TPSA) is 58.1 Å². The highest BCUT2D eigenvalue weighted by Crippen LogP contribution is 2.46. The highest BCUT2D eigenvalue weighted by atomic mass is 32.1. The van der Waals surface area contributed by atoms with Crippen molar-refractivity contribution in [2.75, 3.05) is 11.4 Å². The number of nitrogens with one attached hydrogen (secondary N) is 1. The van der Waals surface area contributed by atoms with E-state index in [0.717, 1.165) is 23.9 Å². The Morgan fingerprint density at radius 2 is 1.96 bits per heavy atom. The van der Waals surface area contributed by atoms with Gasteiger partial charge in [-0.2, -0.15) is 4.37 Å². The quantitative estimate of drug-likeness (QED) is 0.879. The van der Waals surface area contributed by atoms with E-state index in [4.69, 9.17) is 9.36 Å². The van der Waals surface area contributed by atoms with E-state index in [1.165, 1.54) is 57.8 Å². The lowest BCUT2D eigenvalue weighted by molar-refractivity contribution is -0.121. The van der Waals surface area contributed by atoms with Gasteiger partial charge >= 0.3 is 0 Å². The van der Waals surface area contributed by atoms with Crippen LogP contribution in [0.25, 0.3) is 0 Å². The summed E-state index contributed by atoms with van der Waals surface area (Å²) in [6, 6.07) is 0.268. The zero-order valence-electron chi connectivity index (χ0n) is 15.3. The van der Waals surface area contributed by atoms with E-state index < -0.39 is 0 Å². The van der Waals surface area contributed by atoms with E-state index >= 15 is 0 Å². The Morgan fingerprint density at radius 1 is 1.20 bits per heavy atom. The maximum atomic E-state index is 12.0. The fourth-order valence-electron chi connectivity index (χ4n) is 5.19. The van der Waals surface area contributed by atoms with E-state index in [9.17, 15) is 4.79 Å². The number of aromatic nitrogens is 2. The van der Waals surface area contributed by atoms with Crippen molar-refractivity contribution in [3.63, 3.8) is 0 Å². The molecule has 1 unspecified atom stereocenters. The first-order valence-electron chi connectivity index (χ1n) is 10.1. The lowest BCUT2D eigenvalue weighted by Crippen LogP contribution is -2.55. The van der Waals surface area contributed by atoms with Gasteiger partial charge in [-0.25, -0.2) is 4.98 Å². The van der Waals surface area contributed by atoms with E-state index in [-0.39, 0.29) is 17.5 Å². The van der Waals surface area contributed by atoms with Crippen molar-refractivity contribution in [3.05, 3.63) is 5.82 Å². The van der Waals surface area contributed by atoms with Gasteiger partial charge in [-0.3, -0.25) is 4.79 Å². The monoisotopic (exact) mass is 362 g/mol. The van der Waals surface area contributed by atoms with Crippen LogP contribution in [0.2, 0.25) is 0 Å². The Morgan fingerprint density at radius 3 is 2.68 bits per heavy atom. The molecule has 1 aliphatic heterocycles. The van der Waals surface area contributed by atoms with Gasteiger partial charge in [0.15, 0.2) is 0 Å². The van der Waals surface area contributed by atoms with Crippen LogP contribution in [-0.2, 0) is 4.79 Å². The minimum Gasteiger partial charge on any atom is -0.351 e. The molecule has 1 aromatic heterocycles. The molecule has 0 radical (unpaired) electrons. The van der Waals surface area contributed by atoms with Gasteiger partial charge < -0.3 is 10.2 Å². The molecule has 25 heavy (non-hydrogen) atoms. The molecule has 0 bridgehead atoms. The van der Waals surface area contributed by atoms with Crippen LogP contribution in [0.3, 0.4) is 0 Å². The molecule has 2 aliphatic carbocycles. The number of carbonyl (C=O) groups is 1. The van der Waals surface area contributed by atoms with Gasteiger partial charge in [0.1, 0.15) is 5.82 Å².